The summed E-state index contributed by atoms with van der Waals surface area (Å²) in [7, 11) is 0. The lowest BCUT2D eigenvalue weighted by molar-refractivity contribution is -0.108. The molecule has 1 heterocycles. The van der Waals surface area contributed by atoms with E-state index < -0.39 is 0 Å². The number of rotatable bonds is 1. The minimum absolute atomic E-state index is 0.0502. The zero-order valence-corrected chi connectivity index (χ0v) is 8.23. The SMILES string of the molecule is O=CC1Cc2ccc3ccccc3c2N1. The van der Waals surface area contributed by atoms with Crippen molar-refractivity contribution in [2.75, 3.05) is 5.32 Å². The number of benzene rings is 2. The average molecular weight is 197 g/mol. The Morgan fingerprint density at radius 3 is 2.93 bits per heavy atom. The van der Waals surface area contributed by atoms with Gasteiger partial charge in [0.15, 0.2) is 0 Å². The predicted molar refractivity (Wildman–Crippen MR) is 61.1 cm³/mol. The second kappa shape index (κ2) is 3.09. The second-order valence-electron chi connectivity index (χ2n) is 3.91. The lowest BCUT2D eigenvalue weighted by atomic mass is 10.0. The van der Waals surface area contributed by atoms with Crippen LogP contribution >= 0.6 is 0 Å². The van der Waals surface area contributed by atoms with E-state index in [2.05, 4.69) is 29.6 Å². The molecule has 0 spiro atoms. The van der Waals surface area contributed by atoms with Crippen LogP contribution in [0.1, 0.15) is 5.56 Å². The van der Waals surface area contributed by atoms with Crippen molar-refractivity contribution in [2.24, 2.45) is 0 Å². The minimum atomic E-state index is -0.0502. The largest absolute Gasteiger partial charge is 0.375 e. The molecule has 0 saturated carbocycles. The highest BCUT2D eigenvalue weighted by molar-refractivity contribution is 5.97. The van der Waals surface area contributed by atoms with Gasteiger partial charge in [-0.2, -0.15) is 0 Å². The number of aldehydes is 1. The van der Waals surface area contributed by atoms with Crippen LogP contribution in [0, 0.1) is 0 Å². The number of carbonyl (C=O) groups excluding carboxylic acids is 1. The van der Waals surface area contributed by atoms with Gasteiger partial charge in [-0.15, -0.1) is 0 Å². The Morgan fingerprint density at radius 1 is 1.20 bits per heavy atom. The van der Waals surface area contributed by atoms with Crippen molar-refractivity contribution in [1.29, 1.82) is 0 Å². The number of hydrogen-bond donors (Lipinski definition) is 1. The molecule has 2 nitrogen and oxygen atoms in total. The van der Waals surface area contributed by atoms with E-state index in [0.29, 0.717) is 0 Å². The van der Waals surface area contributed by atoms with Gasteiger partial charge >= 0.3 is 0 Å². The zero-order chi connectivity index (χ0) is 10.3. The highest BCUT2D eigenvalue weighted by Gasteiger charge is 2.21. The van der Waals surface area contributed by atoms with Crippen molar-refractivity contribution < 1.29 is 4.79 Å². The van der Waals surface area contributed by atoms with E-state index in [9.17, 15) is 4.79 Å². The smallest absolute Gasteiger partial charge is 0.142 e. The molecule has 1 N–H and O–H groups in total. The third kappa shape index (κ3) is 1.22. The summed E-state index contributed by atoms with van der Waals surface area (Å²) in [5.74, 6) is 0. The Morgan fingerprint density at radius 2 is 2.07 bits per heavy atom. The molecule has 3 rings (SSSR count). The summed E-state index contributed by atoms with van der Waals surface area (Å²) >= 11 is 0. The molecule has 15 heavy (non-hydrogen) atoms. The maximum Gasteiger partial charge on any atom is 0.142 e. The highest BCUT2D eigenvalue weighted by atomic mass is 16.1. The molecule has 2 aromatic rings. The summed E-state index contributed by atoms with van der Waals surface area (Å²) in [4.78, 5) is 10.7. The molecule has 0 fully saturated rings. The molecule has 74 valence electrons. The summed E-state index contributed by atoms with van der Waals surface area (Å²) in [6, 6.07) is 12.4. The van der Waals surface area contributed by atoms with E-state index in [1.807, 2.05) is 12.1 Å². The fourth-order valence-corrected chi connectivity index (χ4v) is 2.21. The monoisotopic (exact) mass is 197 g/mol. The predicted octanol–water partition coefficient (Wildman–Crippen LogP) is 2.38. The Kier molecular flexibility index (Phi) is 1.75. The van der Waals surface area contributed by atoms with Crippen molar-refractivity contribution in [1.82, 2.24) is 0 Å². The summed E-state index contributed by atoms with van der Waals surface area (Å²) in [6.07, 6.45) is 1.79. The zero-order valence-electron chi connectivity index (χ0n) is 8.23. The van der Waals surface area contributed by atoms with Gasteiger partial charge in [-0.3, -0.25) is 0 Å². The van der Waals surface area contributed by atoms with Crippen LogP contribution in [0.2, 0.25) is 0 Å². The third-order valence-electron chi connectivity index (χ3n) is 2.95. The molecule has 0 aliphatic carbocycles. The molecule has 0 aromatic heterocycles. The van der Waals surface area contributed by atoms with Gasteiger partial charge in [0.2, 0.25) is 0 Å². The van der Waals surface area contributed by atoms with Crippen LogP contribution in [0.4, 0.5) is 5.69 Å². The Bertz CT molecular complexity index is 533. The van der Waals surface area contributed by atoms with Gasteiger partial charge in [0.1, 0.15) is 6.29 Å². The maximum atomic E-state index is 10.7. The lowest BCUT2D eigenvalue weighted by Gasteiger charge is -2.05. The highest BCUT2D eigenvalue weighted by Crippen LogP contribution is 2.32. The lowest BCUT2D eigenvalue weighted by Crippen LogP contribution is -2.16. The van der Waals surface area contributed by atoms with Crippen LogP contribution in [0.3, 0.4) is 0 Å². The quantitative estimate of drug-likeness (QED) is 0.711. The van der Waals surface area contributed by atoms with E-state index >= 15 is 0 Å². The van der Waals surface area contributed by atoms with Gasteiger partial charge in [-0.1, -0.05) is 36.4 Å². The molecule has 0 amide bonds. The fourth-order valence-electron chi connectivity index (χ4n) is 2.21. The van der Waals surface area contributed by atoms with Crippen molar-refractivity contribution in [3.8, 4) is 0 Å². The van der Waals surface area contributed by atoms with Crippen LogP contribution in [0.15, 0.2) is 36.4 Å². The van der Waals surface area contributed by atoms with Gasteiger partial charge < -0.3 is 10.1 Å². The third-order valence-corrected chi connectivity index (χ3v) is 2.95. The van der Waals surface area contributed by atoms with Crippen molar-refractivity contribution in [3.05, 3.63) is 42.0 Å². The van der Waals surface area contributed by atoms with Gasteiger partial charge in [0.25, 0.3) is 0 Å². The first kappa shape index (κ1) is 8.48. The van der Waals surface area contributed by atoms with Crippen LogP contribution in [-0.4, -0.2) is 12.3 Å². The second-order valence-corrected chi connectivity index (χ2v) is 3.91. The van der Waals surface area contributed by atoms with Crippen LogP contribution < -0.4 is 5.32 Å². The standard InChI is InChI=1S/C13H11NO/c15-8-11-7-10-6-5-9-3-1-2-4-12(9)13(10)14-11/h1-6,8,11,14H,7H2. The number of fused-ring (bicyclic) bond motifs is 3. The molecule has 1 atom stereocenters. The first-order valence-corrected chi connectivity index (χ1v) is 5.11. The van der Waals surface area contributed by atoms with Gasteiger partial charge in [0, 0.05) is 17.5 Å². The Balaban J connectivity index is 2.24. The van der Waals surface area contributed by atoms with Gasteiger partial charge in [-0.25, -0.2) is 0 Å². The molecule has 1 aliphatic heterocycles. The summed E-state index contributed by atoms with van der Waals surface area (Å²) in [5.41, 5.74) is 2.37. The van der Waals surface area contributed by atoms with E-state index in [-0.39, 0.29) is 6.04 Å². The first-order chi connectivity index (χ1) is 7.38. The average Bonchev–Trinajstić information content (AvgIpc) is 2.72. The van der Waals surface area contributed by atoms with Crippen LogP contribution in [-0.2, 0) is 11.2 Å². The van der Waals surface area contributed by atoms with Crippen molar-refractivity contribution >= 4 is 22.7 Å². The summed E-state index contributed by atoms with van der Waals surface area (Å²) in [5, 5.41) is 5.68. The van der Waals surface area contributed by atoms with Crippen LogP contribution in [0.5, 0.6) is 0 Å². The van der Waals surface area contributed by atoms with Crippen LogP contribution in [0.25, 0.3) is 10.8 Å². The van der Waals surface area contributed by atoms with Gasteiger partial charge in [0.05, 0.1) is 6.04 Å². The molecular formula is C13H11NO. The van der Waals surface area contributed by atoms with E-state index in [1.165, 1.54) is 16.3 Å². The maximum absolute atomic E-state index is 10.7. The normalized spacial score (nSPS) is 18.5. The van der Waals surface area contributed by atoms with E-state index in [4.69, 9.17) is 0 Å². The number of anilines is 1. The minimum Gasteiger partial charge on any atom is -0.375 e. The van der Waals surface area contributed by atoms with Crippen molar-refractivity contribution in [2.45, 2.75) is 12.5 Å². The molecule has 1 aliphatic rings. The molecule has 2 heteroatoms. The molecular weight excluding hydrogens is 186 g/mol. The molecule has 0 saturated heterocycles. The summed E-state index contributed by atoms with van der Waals surface area (Å²) < 4.78 is 0. The topological polar surface area (TPSA) is 29.1 Å². The van der Waals surface area contributed by atoms with Gasteiger partial charge in [-0.05, 0) is 10.9 Å². The Hall–Kier alpha value is -1.83. The summed E-state index contributed by atoms with van der Waals surface area (Å²) in [6.45, 7) is 0. The number of hydrogen-bond acceptors (Lipinski definition) is 2. The fraction of sp³-hybridized carbons (Fsp3) is 0.154. The van der Waals surface area contributed by atoms with E-state index in [0.717, 1.165) is 18.4 Å². The molecule has 1 unspecified atom stereocenters. The molecule has 0 bridgehead atoms. The van der Waals surface area contributed by atoms with E-state index in [1.54, 1.807) is 0 Å². The molecule has 0 radical (unpaired) electrons. The number of nitrogens with one attached hydrogen (secondary N) is 1. The Labute approximate surface area is 87.9 Å². The number of carbonyl (C=O) groups is 1. The first-order valence-electron chi connectivity index (χ1n) is 5.11. The molecule has 2 aromatic carbocycles. The van der Waals surface area contributed by atoms with Crippen molar-refractivity contribution in [3.63, 3.8) is 0 Å².